The molecule has 0 atom stereocenters. The van der Waals surface area contributed by atoms with Gasteiger partial charge in [-0.1, -0.05) is 24.3 Å². The molecule has 1 N–H and O–H groups in total. The van der Waals surface area contributed by atoms with Crippen molar-refractivity contribution in [2.75, 3.05) is 13.4 Å². The number of methoxy groups -OCH3 is 1. The van der Waals surface area contributed by atoms with E-state index >= 15 is 0 Å². The summed E-state index contributed by atoms with van der Waals surface area (Å²) in [4.78, 5) is 12.2. The van der Waals surface area contributed by atoms with Gasteiger partial charge in [-0.3, -0.25) is 4.79 Å². The topological polar surface area (TPSA) is 72.5 Å². The summed E-state index contributed by atoms with van der Waals surface area (Å²) < 4.78 is 27.8. The molecule has 0 heterocycles. The third kappa shape index (κ3) is 5.10. The van der Waals surface area contributed by atoms with Gasteiger partial charge in [-0.25, -0.2) is 8.42 Å². The van der Waals surface area contributed by atoms with Crippen molar-refractivity contribution in [3.05, 3.63) is 59.7 Å². The van der Waals surface area contributed by atoms with Gasteiger partial charge in [0.1, 0.15) is 5.75 Å². The molecule has 0 spiro atoms. The highest BCUT2D eigenvalue weighted by Gasteiger charge is 2.07. The van der Waals surface area contributed by atoms with Crippen molar-refractivity contribution in [1.82, 2.24) is 5.32 Å². The first kappa shape index (κ1) is 17.0. The molecule has 0 aliphatic carbocycles. The van der Waals surface area contributed by atoms with Crippen LogP contribution in [0.4, 0.5) is 0 Å². The number of nitrogens with one attached hydrogen (secondary N) is 1. The van der Waals surface area contributed by atoms with Crippen LogP contribution in [0.3, 0.4) is 0 Å². The molecule has 0 radical (unpaired) electrons. The lowest BCUT2D eigenvalue weighted by atomic mass is 10.1. The molecule has 2 rings (SSSR count). The van der Waals surface area contributed by atoms with Crippen molar-refractivity contribution >= 4 is 15.7 Å². The first-order chi connectivity index (χ1) is 10.9. The van der Waals surface area contributed by atoms with Crippen molar-refractivity contribution in [1.29, 1.82) is 0 Å². The molecule has 0 aliphatic rings. The number of amides is 1. The van der Waals surface area contributed by atoms with Crippen LogP contribution in [0.15, 0.2) is 53.4 Å². The highest BCUT2D eigenvalue weighted by molar-refractivity contribution is 7.90. The predicted molar refractivity (Wildman–Crippen MR) is 88.1 cm³/mol. The van der Waals surface area contributed by atoms with Gasteiger partial charge in [-0.15, -0.1) is 0 Å². The Bertz CT molecular complexity index is 765. The van der Waals surface area contributed by atoms with Crippen LogP contribution in [0.25, 0.3) is 0 Å². The molecule has 0 fully saturated rings. The van der Waals surface area contributed by atoms with E-state index in [-0.39, 0.29) is 17.2 Å². The fraction of sp³-hybridized carbons (Fsp3) is 0.235. The number of benzene rings is 2. The van der Waals surface area contributed by atoms with Crippen LogP contribution in [0.5, 0.6) is 5.75 Å². The second-order valence-electron chi connectivity index (χ2n) is 5.22. The maximum absolute atomic E-state index is 11.9. The molecule has 5 nitrogen and oxygen atoms in total. The average molecular weight is 333 g/mol. The fourth-order valence-electron chi connectivity index (χ4n) is 2.05. The van der Waals surface area contributed by atoms with Crippen LogP contribution < -0.4 is 10.1 Å². The van der Waals surface area contributed by atoms with Gasteiger partial charge in [0.05, 0.1) is 18.4 Å². The molecule has 2 aromatic rings. The number of carbonyl (C=O) groups excluding carboxylic acids is 1. The van der Waals surface area contributed by atoms with Crippen LogP contribution in [-0.4, -0.2) is 27.7 Å². The molecule has 0 aromatic heterocycles. The molecule has 122 valence electrons. The number of ether oxygens (including phenoxy) is 1. The Morgan fingerprint density at radius 2 is 1.57 bits per heavy atom. The minimum Gasteiger partial charge on any atom is -0.497 e. The van der Waals surface area contributed by atoms with Gasteiger partial charge in [-0.2, -0.15) is 0 Å². The zero-order valence-corrected chi connectivity index (χ0v) is 13.9. The number of sulfone groups is 1. The maximum atomic E-state index is 11.9. The fourth-order valence-corrected chi connectivity index (χ4v) is 2.68. The molecule has 6 heteroatoms. The average Bonchev–Trinajstić information content (AvgIpc) is 2.53. The zero-order chi connectivity index (χ0) is 16.9. The van der Waals surface area contributed by atoms with Gasteiger partial charge in [0.25, 0.3) is 0 Å². The lowest BCUT2D eigenvalue weighted by Gasteiger charge is -2.07. The normalized spacial score (nSPS) is 11.0. The minimum atomic E-state index is -3.19. The standard InChI is InChI=1S/C17H19NO4S/c1-22-15-7-3-13(4-8-15)11-17(19)18-12-14-5-9-16(10-6-14)23(2,20)21/h3-10H,11-12H2,1-2H3,(H,18,19). The Kier molecular flexibility index (Phi) is 5.39. The second-order valence-corrected chi connectivity index (χ2v) is 7.23. The lowest BCUT2D eigenvalue weighted by molar-refractivity contribution is -0.120. The minimum absolute atomic E-state index is 0.0950. The smallest absolute Gasteiger partial charge is 0.224 e. The van der Waals surface area contributed by atoms with Crippen LogP contribution in [0.2, 0.25) is 0 Å². The van der Waals surface area contributed by atoms with Gasteiger partial charge in [0.15, 0.2) is 9.84 Å². The number of carbonyl (C=O) groups is 1. The monoisotopic (exact) mass is 333 g/mol. The summed E-state index contributed by atoms with van der Waals surface area (Å²) in [5, 5.41) is 2.81. The van der Waals surface area contributed by atoms with E-state index in [0.29, 0.717) is 6.54 Å². The predicted octanol–water partition coefficient (Wildman–Crippen LogP) is 1.96. The second kappa shape index (κ2) is 7.28. The molecule has 23 heavy (non-hydrogen) atoms. The molecular weight excluding hydrogens is 314 g/mol. The first-order valence-electron chi connectivity index (χ1n) is 7.07. The summed E-state index contributed by atoms with van der Waals surface area (Å²) in [7, 11) is -1.60. The molecule has 0 bridgehead atoms. The third-order valence-electron chi connectivity index (χ3n) is 3.36. The molecule has 2 aromatic carbocycles. The van der Waals surface area contributed by atoms with Crippen LogP contribution >= 0.6 is 0 Å². The Morgan fingerprint density at radius 3 is 2.09 bits per heavy atom. The van der Waals surface area contributed by atoms with Crippen molar-refractivity contribution < 1.29 is 17.9 Å². The Balaban J connectivity index is 1.88. The number of hydrogen-bond donors (Lipinski definition) is 1. The maximum Gasteiger partial charge on any atom is 0.224 e. The largest absolute Gasteiger partial charge is 0.497 e. The van der Waals surface area contributed by atoms with Gasteiger partial charge in [-0.05, 0) is 35.4 Å². The summed E-state index contributed by atoms with van der Waals surface area (Å²) in [6.45, 7) is 0.360. The van der Waals surface area contributed by atoms with Gasteiger partial charge < -0.3 is 10.1 Å². The van der Waals surface area contributed by atoms with Gasteiger partial charge in [0, 0.05) is 12.8 Å². The Morgan fingerprint density at radius 1 is 1.00 bits per heavy atom. The number of hydrogen-bond acceptors (Lipinski definition) is 4. The van der Waals surface area contributed by atoms with E-state index in [4.69, 9.17) is 4.74 Å². The summed E-state index contributed by atoms with van der Waals surface area (Å²) >= 11 is 0. The van der Waals surface area contributed by atoms with Crippen molar-refractivity contribution in [2.45, 2.75) is 17.9 Å². The summed E-state index contributed by atoms with van der Waals surface area (Å²) in [6, 6.07) is 13.8. The van der Waals surface area contributed by atoms with Crippen LogP contribution in [-0.2, 0) is 27.6 Å². The quantitative estimate of drug-likeness (QED) is 0.877. The van der Waals surface area contributed by atoms with E-state index < -0.39 is 9.84 Å². The van der Waals surface area contributed by atoms with Crippen molar-refractivity contribution in [3.8, 4) is 5.75 Å². The highest BCUT2D eigenvalue weighted by atomic mass is 32.2. The summed E-state index contributed by atoms with van der Waals surface area (Å²) in [5.74, 6) is 0.655. The molecule has 1 amide bonds. The van der Waals surface area contributed by atoms with E-state index in [1.54, 1.807) is 31.4 Å². The van der Waals surface area contributed by atoms with Crippen LogP contribution in [0.1, 0.15) is 11.1 Å². The van der Waals surface area contributed by atoms with E-state index in [0.717, 1.165) is 16.9 Å². The zero-order valence-electron chi connectivity index (χ0n) is 13.1. The Labute approximate surface area is 136 Å². The highest BCUT2D eigenvalue weighted by Crippen LogP contribution is 2.12. The lowest BCUT2D eigenvalue weighted by Crippen LogP contribution is -2.24. The molecule has 0 aliphatic heterocycles. The molecule has 0 saturated heterocycles. The third-order valence-corrected chi connectivity index (χ3v) is 4.49. The molecular formula is C17H19NO4S. The van der Waals surface area contributed by atoms with Crippen molar-refractivity contribution in [3.63, 3.8) is 0 Å². The summed E-state index contributed by atoms with van der Waals surface area (Å²) in [6.07, 6.45) is 1.45. The van der Waals surface area contributed by atoms with E-state index in [9.17, 15) is 13.2 Å². The SMILES string of the molecule is COc1ccc(CC(=O)NCc2ccc(S(C)(=O)=O)cc2)cc1. The van der Waals surface area contributed by atoms with Gasteiger partial charge >= 0.3 is 0 Å². The number of rotatable bonds is 6. The van der Waals surface area contributed by atoms with E-state index in [1.165, 1.54) is 6.26 Å². The van der Waals surface area contributed by atoms with Crippen LogP contribution in [0, 0.1) is 0 Å². The Hall–Kier alpha value is -2.34. The first-order valence-corrected chi connectivity index (χ1v) is 8.96. The molecule has 0 unspecified atom stereocenters. The van der Waals surface area contributed by atoms with Gasteiger partial charge in [0.2, 0.25) is 5.91 Å². The summed E-state index contributed by atoms with van der Waals surface area (Å²) in [5.41, 5.74) is 1.75. The van der Waals surface area contributed by atoms with E-state index in [1.807, 2.05) is 24.3 Å². The van der Waals surface area contributed by atoms with Crippen molar-refractivity contribution in [2.24, 2.45) is 0 Å². The molecule has 0 saturated carbocycles. The van der Waals surface area contributed by atoms with E-state index in [2.05, 4.69) is 5.32 Å².